The van der Waals surface area contributed by atoms with E-state index in [9.17, 15) is 9.18 Å². The standard InChI is InChI=1S/C14H19FN2O3/c1-9(20-11-4-6-19-7-5-11)14(18)17-13-3-2-10(15)8-12(13)16/h2-3,8-9,11H,4-7,16H2,1H3,(H,17,18). The van der Waals surface area contributed by atoms with Gasteiger partial charge in [-0.15, -0.1) is 0 Å². The lowest BCUT2D eigenvalue weighted by Gasteiger charge is -2.25. The van der Waals surface area contributed by atoms with E-state index in [-0.39, 0.29) is 17.7 Å². The van der Waals surface area contributed by atoms with Crippen LogP contribution in [0.15, 0.2) is 18.2 Å². The molecule has 110 valence electrons. The number of amides is 1. The molecule has 0 bridgehead atoms. The zero-order chi connectivity index (χ0) is 14.5. The van der Waals surface area contributed by atoms with Gasteiger partial charge in [-0.1, -0.05) is 0 Å². The van der Waals surface area contributed by atoms with Crippen molar-refractivity contribution in [3.8, 4) is 0 Å². The number of nitrogen functional groups attached to an aromatic ring is 1. The topological polar surface area (TPSA) is 73.6 Å². The molecule has 5 nitrogen and oxygen atoms in total. The van der Waals surface area contributed by atoms with Gasteiger partial charge >= 0.3 is 0 Å². The number of rotatable bonds is 4. The number of nitrogens with two attached hydrogens (primary N) is 1. The highest BCUT2D eigenvalue weighted by atomic mass is 19.1. The second-order valence-electron chi connectivity index (χ2n) is 4.81. The second-order valence-corrected chi connectivity index (χ2v) is 4.81. The smallest absolute Gasteiger partial charge is 0.253 e. The number of benzene rings is 1. The molecular formula is C14H19FN2O3. The molecule has 0 aromatic heterocycles. The third-order valence-electron chi connectivity index (χ3n) is 3.21. The minimum absolute atomic E-state index is 0.0371. The first-order valence-corrected chi connectivity index (χ1v) is 6.65. The fraction of sp³-hybridized carbons (Fsp3) is 0.500. The minimum atomic E-state index is -0.595. The quantitative estimate of drug-likeness (QED) is 0.828. The maximum absolute atomic E-state index is 12.9. The Hall–Kier alpha value is -1.66. The molecule has 0 aliphatic carbocycles. The molecule has 1 atom stereocenters. The van der Waals surface area contributed by atoms with E-state index in [0.717, 1.165) is 12.8 Å². The van der Waals surface area contributed by atoms with Crippen molar-refractivity contribution < 1.29 is 18.7 Å². The Kier molecular flexibility index (Phi) is 4.92. The average molecular weight is 282 g/mol. The number of ether oxygens (including phenoxy) is 2. The number of halogens is 1. The van der Waals surface area contributed by atoms with E-state index in [1.807, 2.05) is 0 Å². The number of anilines is 2. The van der Waals surface area contributed by atoms with E-state index in [2.05, 4.69) is 5.32 Å². The van der Waals surface area contributed by atoms with Crippen LogP contribution in [0, 0.1) is 5.82 Å². The van der Waals surface area contributed by atoms with E-state index in [4.69, 9.17) is 15.2 Å². The summed E-state index contributed by atoms with van der Waals surface area (Å²) in [7, 11) is 0. The van der Waals surface area contributed by atoms with Gasteiger partial charge in [-0.2, -0.15) is 0 Å². The van der Waals surface area contributed by atoms with Gasteiger partial charge in [-0.25, -0.2) is 4.39 Å². The third-order valence-corrected chi connectivity index (χ3v) is 3.21. The predicted octanol–water partition coefficient (Wildman–Crippen LogP) is 1.93. The summed E-state index contributed by atoms with van der Waals surface area (Å²) in [6, 6.07) is 3.85. The highest BCUT2D eigenvalue weighted by molar-refractivity contribution is 5.96. The van der Waals surface area contributed by atoms with Gasteiger partial charge in [-0.05, 0) is 38.0 Å². The first-order valence-electron chi connectivity index (χ1n) is 6.65. The van der Waals surface area contributed by atoms with Gasteiger partial charge in [0.2, 0.25) is 0 Å². The van der Waals surface area contributed by atoms with Crippen LogP contribution in [0.4, 0.5) is 15.8 Å². The van der Waals surface area contributed by atoms with Gasteiger partial charge in [-0.3, -0.25) is 4.79 Å². The van der Waals surface area contributed by atoms with Gasteiger partial charge in [0, 0.05) is 13.2 Å². The van der Waals surface area contributed by atoms with Crippen LogP contribution in [0.5, 0.6) is 0 Å². The largest absolute Gasteiger partial charge is 0.397 e. The highest BCUT2D eigenvalue weighted by Crippen LogP contribution is 2.20. The fourth-order valence-electron chi connectivity index (χ4n) is 2.04. The number of hydrogen-bond donors (Lipinski definition) is 2. The molecule has 1 aliphatic heterocycles. The Labute approximate surface area is 117 Å². The summed E-state index contributed by atoms with van der Waals surface area (Å²) in [5.74, 6) is -0.734. The molecule has 1 saturated heterocycles. The first-order chi connectivity index (χ1) is 9.56. The molecular weight excluding hydrogens is 263 g/mol. The van der Waals surface area contributed by atoms with Crippen LogP contribution in [0.2, 0.25) is 0 Å². The molecule has 0 saturated carbocycles. The molecule has 1 heterocycles. The van der Waals surface area contributed by atoms with E-state index >= 15 is 0 Å². The van der Waals surface area contributed by atoms with Crippen molar-refractivity contribution in [1.29, 1.82) is 0 Å². The number of hydrogen-bond acceptors (Lipinski definition) is 4. The molecule has 0 spiro atoms. The number of carbonyl (C=O) groups is 1. The molecule has 1 fully saturated rings. The molecule has 1 aliphatic rings. The van der Waals surface area contributed by atoms with E-state index < -0.39 is 11.9 Å². The molecule has 6 heteroatoms. The van der Waals surface area contributed by atoms with E-state index in [1.54, 1.807) is 6.92 Å². The molecule has 1 aromatic rings. The summed E-state index contributed by atoms with van der Waals surface area (Å²) in [5, 5.41) is 2.64. The molecule has 20 heavy (non-hydrogen) atoms. The predicted molar refractivity (Wildman–Crippen MR) is 73.8 cm³/mol. The summed E-state index contributed by atoms with van der Waals surface area (Å²) < 4.78 is 23.8. The molecule has 0 radical (unpaired) electrons. The maximum Gasteiger partial charge on any atom is 0.253 e. The Balaban J connectivity index is 1.89. The fourth-order valence-corrected chi connectivity index (χ4v) is 2.04. The molecule has 1 unspecified atom stereocenters. The minimum Gasteiger partial charge on any atom is -0.397 e. The van der Waals surface area contributed by atoms with Crippen molar-refractivity contribution in [1.82, 2.24) is 0 Å². The first kappa shape index (κ1) is 14.7. The zero-order valence-corrected chi connectivity index (χ0v) is 11.4. The van der Waals surface area contributed by atoms with E-state index in [1.165, 1.54) is 18.2 Å². The van der Waals surface area contributed by atoms with Crippen molar-refractivity contribution >= 4 is 17.3 Å². The summed E-state index contributed by atoms with van der Waals surface area (Å²) in [6.07, 6.45) is 1.02. The molecule has 1 aromatic carbocycles. The zero-order valence-electron chi connectivity index (χ0n) is 11.4. The van der Waals surface area contributed by atoms with Gasteiger partial charge in [0.05, 0.1) is 17.5 Å². The second kappa shape index (κ2) is 6.67. The Bertz CT molecular complexity index is 475. The van der Waals surface area contributed by atoms with Gasteiger partial charge in [0.1, 0.15) is 11.9 Å². The van der Waals surface area contributed by atoms with Crippen molar-refractivity contribution in [2.24, 2.45) is 0 Å². The van der Waals surface area contributed by atoms with Crippen LogP contribution < -0.4 is 11.1 Å². The SMILES string of the molecule is CC(OC1CCOCC1)C(=O)Nc1ccc(F)cc1N. The van der Waals surface area contributed by atoms with Crippen LogP contribution in [0.3, 0.4) is 0 Å². The Morgan fingerprint density at radius 2 is 2.20 bits per heavy atom. The summed E-state index contributed by atoms with van der Waals surface area (Å²) in [4.78, 5) is 12.0. The maximum atomic E-state index is 12.9. The summed E-state index contributed by atoms with van der Waals surface area (Å²) in [6.45, 7) is 3.00. The van der Waals surface area contributed by atoms with Crippen LogP contribution in [0.25, 0.3) is 0 Å². The Morgan fingerprint density at radius 3 is 2.85 bits per heavy atom. The molecule has 2 rings (SSSR count). The van der Waals surface area contributed by atoms with Crippen LogP contribution in [-0.4, -0.2) is 31.3 Å². The van der Waals surface area contributed by atoms with Crippen LogP contribution in [-0.2, 0) is 14.3 Å². The van der Waals surface area contributed by atoms with Crippen molar-refractivity contribution in [2.75, 3.05) is 24.3 Å². The average Bonchev–Trinajstić information content (AvgIpc) is 2.43. The highest BCUT2D eigenvalue weighted by Gasteiger charge is 2.21. The van der Waals surface area contributed by atoms with Crippen molar-refractivity contribution in [3.63, 3.8) is 0 Å². The summed E-state index contributed by atoms with van der Waals surface area (Å²) in [5.41, 5.74) is 6.22. The number of nitrogens with one attached hydrogen (secondary N) is 1. The van der Waals surface area contributed by atoms with Gasteiger partial charge in [0.15, 0.2) is 0 Å². The van der Waals surface area contributed by atoms with Gasteiger partial charge in [0.25, 0.3) is 5.91 Å². The lowest BCUT2D eigenvalue weighted by Crippen LogP contribution is -2.34. The lowest BCUT2D eigenvalue weighted by molar-refractivity contribution is -0.133. The van der Waals surface area contributed by atoms with E-state index in [0.29, 0.717) is 18.9 Å². The number of carbonyl (C=O) groups excluding carboxylic acids is 1. The van der Waals surface area contributed by atoms with Gasteiger partial charge < -0.3 is 20.5 Å². The van der Waals surface area contributed by atoms with Crippen LogP contribution >= 0.6 is 0 Å². The molecule has 3 N–H and O–H groups in total. The van der Waals surface area contributed by atoms with Crippen LogP contribution in [0.1, 0.15) is 19.8 Å². The monoisotopic (exact) mass is 282 g/mol. The normalized spacial score (nSPS) is 17.7. The summed E-state index contributed by atoms with van der Waals surface area (Å²) >= 11 is 0. The third kappa shape index (κ3) is 3.91. The van der Waals surface area contributed by atoms with Crippen molar-refractivity contribution in [3.05, 3.63) is 24.0 Å². The lowest BCUT2D eigenvalue weighted by atomic mass is 10.1. The Morgan fingerprint density at radius 1 is 1.50 bits per heavy atom. The van der Waals surface area contributed by atoms with Crippen molar-refractivity contribution in [2.45, 2.75) is 32.0 Å². The molecule has 1 amide bonds.